The van der Waals surface area contributed by atoms with Gasteiger partial charge in [0.25, 0.3) is 17.5 Å². The maximum Gasteiger partial charge on any atom is 0.326 e. The van der Waals surface area contributed by atoms with Gasteiger partial charge in [0.2, 0.25) is 5.78 Å². The number of imide groups is 1. The highest BCUT2D eigenvalue weighted by molar-refractivity contribution is 6.24. The van der Waals surface area contributed by atoms with Crippen molar-refractivity contribution in [1.82, 2.24) is 9.47 Å². The fraction of sp³-hybridized carbons (Fsp3) is 0.391. The average Bonchev–Trinajstić information content (AvgIpc) is 3.48. The number of ether oxygens (including phenoxy) is 2. The van der Waals surface area contributed by atoms with Crippen LogP contribution in [-0.4, -0.2) is 63.8 Å². The van der Waals surface area contributed by atoms with Gasteiger partial charge in [0, 0.05) is 36.2 Å². The third-order valence-corrected chi connectivity index (χ3v) is 6.11. The summed E-state index contributed by atoms with van der Waals surface area (Å²) >= 11 is 0. The standard InChI is InChI=1S/C23H23N3O8/c1-13-9-17(14(2)24(13)10-15-5-4-8-33-15)19(27)12-34-20(28)11-25-22(29)16-6-3-7-18(26(31)32)21(16)23(25)30/h3,6-7,9,15H,4-5,8,10-12H2,1-2H3. The summed E-state index contributed by atoms with van der Waals surface area (Å²) in [6.45, 7) is 3.74. The summed E-state index contributed by atoms with van der Waals surface area (Å²) in [7, 11) is 0. The summed E-state index contributed by atoms with van der Waals surface area (Å²) in [5.74, 6) is -3.17. The Morgan fingerprint density at radius 3 is 2.68 bits per heavy atom. The minimum atomic E-state index is -0.973. The lowest BCUT2D eigenvalue weighted by molar-refractivity contribution is -0.385. The summed E-state index contributed by atoms with van der Waals surface area (Å²) in [6, 6.07) is 5.41. The second-order valence-corrected chi connectivity index (χ2v) is 8.27. The van der Waals surface area contributed by atoms with Crippen LogP contribution in [0.4, 0.5) is 5.69 Å². The smallest absolute Gasteiger partial charge is 0.326 e. The predicted molar refractivity (Wildman–Crippen MR) is 117 cm³/mol. The average molecular weight is 469 g/mol. The Balaban J connectivity index is 1.39. The van der Waals surface area contributed by atoms with Crippen molar-refractivity contribution in [3.8, 4) is 0 Å². The SMILES string of the molecule is Cc1cc(C(=O)COC(=O)CN2C(=O)c3cccc([N+](=O)[O-])c3C2=O)c(C)n1CC1CCCO1. The summed E-state index contributed by atoms with van der Waals surface area (Å²) in [4.78, 5) is 61.1. The molecular weight excluding hydrogens is 446 g/mol. The summed E-state index contributed by atoms with van der Waals surface area (Å²) in [5.41, 5.74) is 1.01. The van der Waals surface area contributed by atoms with E-state index in [1.807, 2.05) is 18.4 Å². The third kappa shape index (κ3) is 4.21. The lowest BCUT2D eigenvalue weighted by atomic mass is 10.1. The van der Waals surface area contributed by atoms with E-state index in [0.717, 1.165) is 36.9 Å². The molecular formula is C23H23N3O8. The molecule has 1 aromatic carbocycles. The van der Waals surface area contributed by atoms with Gasteiger partial charge in [-0.1, -0.05) is 6.07 Å². The van der Waals surface area contributed by atoms with Gasteiger partial charge in [0.05, 0.1) is 16.6 Å². The number of carbonyl (C=O) groups excluding carboxylic acids is 4. The van der Waals surface area contributed by atoms with Crippen LogP contribution < -0.4 is 0 Å². The number of nitro benzene ring substituents is 1. The van der Waals surface area contributed by atoms with Crippen LogP contribution in [0.2, 0.25) is 0 Å². The maximum atomic E-state index is 12.7. The van der Waals surface area contributed by atoms with E-state index < -0.39 is 47.3 Å². The van der Waals surface area contributed by atoms with Crippen molar-refractivity contribution in [2.24, 2.45) is 0 Å². The van der Waals surface area contributed by atoms with Gasteiger partial charge in [-0.15, -0.1) is 0 Å². The number of aryl methyl sites for hydroxylation is 1. The normalized spacial score (nSPS) is 17.2. The largest absolute Gasteiger partial charge is 0.456 e. The predicted octanol–water partition coefficient (Wildman–Crippen LogP) is 2.21. The lowest BCUT2D eigenvalue weighted by Crippen LogP contribution is -2.36. The van der Waals surface area contributed by atoms with Crippen LogP contribution in [0.3, 0.4) is 0 Å². The van der Waals surface area contributed by atoms with Gasteiger partial charge < -0.3 is 14.0 Å². The first kappa shape index (κ1) is 23.3. The van der Waals surface area contributed by atoms with Crippen LogP contribution in [0.5, 0.6) is 0 Å². The molecule has 0 aliphatic carbocycles. The quantitative estimate of drug-likeness (QED) is 0.189. The van der Waals surface area contributed by atoms with Crippen LogP contribution in [0, 0.1) is 24.0 Å². The molecule has 0 radical (unpaired) electrons. The van der Waals surface area contributed by atoms with Crippen LogP contribution >= 0.6 is 0 Å². The molecule has 2 aromatic rings. The van der Waals surface area contributed by atoms with E-state index in [1.165, 1.54) is 12.1 Å². The minimum Gasteiger partial charge on any atom is -0.456 e. The van der Waals surface area contributed by atoms with E-state index in [0.29, 0.717) is 17.0 Å². The molecule has 2 aliphatic heterocycles. The number of hydrogen-bond acceptors (Lipinski definition) is 8. The Labute approximate surface area is 194 Å². The number of amides is 2. The van der Waals surface area contributed by atoms with Crippen LogP contribution in [0.25, 0.3) is 0 Å². The Bertz CT molecular complexity index is 1210. The van der Waals surface area contributed by atoms with Crippen LogP contribution in [-0.2, 0) is 20.8 Å². The molecule has 178 valence electrons. The van der Waals surface area contributed by atoms with Gasteiger partial charge >= 0.3 is 5.97 Å². The molecule has 1 unspecified atom stereocenters. The lowest BCUT2D eigenvalue weighted by Gasteiger charge is -2.15. The van der Waals surface area contributed by atoms with E-state index >= 15 is 0 Å². The first-order valence-electron chi connectivity index (χ1n) is 10.8. The number of fused-ring (bicyclic) bond motifs is 1. The van der Waals surface area contributed by atoms with Gasteiger partial charge in [-0.05, 0) is 38.8 Å². The highest BCUT2D eigenvalue weighted by Gasteiger charge is 2.42. The molecule has 11 heteroatoms. The number of benzene rings is 1. The van der Waals surface area contributed by atoms with Crippen molar-refractivity contribution in [3.63, 3.8) is 0 Å². The Morgan fingerprint density at radius 1 is 1.24 bits per heavy atom. The second kappa shape index (κ2) is 9.18. The first-order valence-corrected chi connectivity index (χ1v) is 10.8. The summed E-state index contributed by atoms with van der Waals surface area (Å²) in [6.07, 6.45) is 2.06. The van der Waals surface area contributed by atoms with Gasteiger partial charge in [0.1, 0.15) is 12.1 Å². The van der Waals surface area contributed by atoms with Crippen molar-refractivity contribution in [2.75, 3.05) is 19.8 Å². The molecule has 1 saturated heterocycles. The molecule has 1 atom stereocenters. The zero-order valence-electron chi connectivity index (χ0n) is 18.7. The number of carbonyl (C=O) groups is 4. The molecule has 0 bridgehead atoms. The number of esters is 1. The van der Waals surface area contributed by atoms with Crippen molar-refractivity contribution in [1.29, 1.82) is 0 Å². The first-order chi connectivity index (χ1) is 16.2. The number of nitrogens with zero attached hydrogens (tertiary/aromatic N) is 3. The van der Waals surface area contributed by atoms with Crippen LogP contribution in [0.15, 0.2) is 24.3 Å². The van der Waals surface area contributed by atoms with Crippen molar-refractivity contribution in [2.45, 2.75) is 39.3 Å². The zero-order valence-corrected chi connectivity index (χ0v) is 18.7. The molecule has 3 heterocycles. The fourth-order valence-electron chi connectivity index (χ4n) is 4.37. The topological polar surface area (TPSA) is 138 Å². The number of ketones is 1. The molecule has 0 N–H and O–H groups in total. The highest BCUT2D eigenvalue weighted by Crippen LogP contribution is 2.30. The Kier molecular flexibility index (Phi) is 6.29. The molecule has 1 fully saturated rings. The highest BCUT2D eigenvalue weighted by atomic mass is 16.6. The van der Waals surface area contributed by atoms with E-state index in [4.69, 9.17) is 9.47 Å². The number of rotatable bonds is 8. The summed E-state index contributed by atoms with van der Waals surface area (Å²) < 4.78 is 12.7. The molecule has 0 saturated carbocycles. The second-order valence-electron chi connectivity index (χ2n) is 8.27. The number of Topliss-reactive ketones (excluding diaryl/α,β-unsaturated/α-hetero) is 1. The zero-order chi connectivity index (χ0) is 24.6. The molecule has 0 spiro atoms. The molecule has 2 amide bonds. The van der Waals surface area contributed by atoms with E-state index in [2.05, 4.69) is 0 Å². The Morgan fingerprint density at radius 2 is 2.00 bits per heavy atom. The fourth-order valence-corrected chi connectivity index (χ4v) is 4.37. The Hall–Kier alpha value is -3.86. The summed E-state index contributed by atoms with van der Waals surface area (Å²) in [5, 5.41) is 11.2. The molecule has 4 rings (SSSR count). The monoisotopic (exact) mass is 469 g/mol. The number of hydrogen-bond donors (Lipinski definition) is 0. The number of aromatic nitrogens is 1. The third-order valence-electron chi connectivity index (χ3n) is 6.11. The van der Waals surface area contributed by atoms with Crippen molar-refractivity contribution >= 4 is 29.3 Å². The molecule has 2 aliphatic rings. The van der Waals surface area contributed by atoms with Gasteiger partial charge in [0.15, 0.2) is 6.61 Å². The number of nitro groups is 1. The van der Waals surface area contributed by atoms with Crippen LogP contribution in [0.1, 0.15) is 55.3 Å². The maximum absolute atomic E-state index is 12.7. The van der Waals surface area contributed by atoms with Gasteiger partial charge in [-0.2, -0.15) is 0 Å². The van der Waals surface area contributed by atoms with Crippen molar-refractivity contribution in [3.05, 3.63) is 62.5 Å². The van der Waals surface area contributed by atoms with E-state index in [9.17, 15) is 29.3 Å². The molecule has 1 aromatic heterocycles. The van der Waals surface area contributed by atoms with Gasteiger partial charge in [-0.3, -0.25) is 34.2 Å². The van der Waals surface area contributed by atoms with Crippen molar-refractivity contribution < 1.29 is 33.6 Å². The molecule has 34 heavy (non-hydrogen) atoms. The van der Waals surface area contributed by atoms with Gasteiger partial charge in [-0.25, -0.2) is 0 Å². The minimum absolute atomic E-state index is 0.0982. The van der Waals surface area contributed by atoms with E-state index in [1.54, 1.807) is 6.07 Å². The molecule has 11 nitrogen and oxygen atoms in total. The van der Waals surface area contributed by atoms with E-state index in [-0.39, 0.29) is 17.2 Å².